The normalized spacial score (nSPS) is 24.2. The van der Waals surface area contributed by atoms with Crippen molar-refractivity contribution in [1.82, 2.24) is 5.32 Å². The number of hydrogen-bond donors (Lipinski definition) is 1. The van der Waals surface area contributed by atoms with Gasteiger partial charge in [0.05, 0.1) is 0 Å². The molecule has 100 valence electrons. The van der Waals surface area contributed by atoms with Crippen molar-refractivity contribution in [3.63, 3.8) is 0 Å². The molecule has 2 rings (SSSR count). The largest absolute Gasteiger partial charge is 0.319 e. The number of rotatable bonds is 4. The second-order valence-corrected chi connectivity index (χ2v) is 6.07. The Hall–Kier alpha value is -0.530. The first-order valence-corrected chi connectivity index (χ1v) is 7.51. The molecular formula is C16H24ClN. The third-order valence-corrected chi connectivity index (χ3v) is 4.51. The zero-order valence-corrected chi connectivity index (χ0v) is 12.3. The van der Waals surface area contributed by atoms with Gasteiger partial charge in [0.2, 0.25) is 0 Å². The molecule has 1 saturated carbocycles. The summed E-state index contributed by atoms with van der Waals surface area (Å²) in [5, 5.41) is 4.15. The fourth-order valence-electron chi connectivity index (χ4n) is 2.90. The molecule has 0 spiro atoms. The van der Waals surface area contributed by atoms with Gasteiger partial charge in [-0.2, -0.15) is 0 Å². The number of nitrogens with one attached hydrogen (secondary N) is 1. The van der Waals surface area contributed by atoms with E-state index < -0.39 is 0 Å². The van der Waals surface area contributed by atoms with Crippen LogP contribution in [0.2, 0.25) is 5.02 Å². The highest BCUT2D eigenvalue weighted by Gasteiger charge is 2.21. The Labute approximate surface area is 116 Å². The lowest BCUT2D eigenvalue weighted by Gasteiger charge is -2.27. The maximum Gasteiger partial charge on any atom is 0.0443 e. The summed E-state index contributed by atoms with van der Waals surface area (Å²) in [6, 6.07) is 6.66. The van der Waals surface area contributed by atoms with Crippen molar-refractivity contribution in [3.8, 4) is 0 Å². The van der Waals surface area contributed by atoms with E-state index in [1.54, 1.807) is 0 Å². The molecule has 0 heterocycles. The van der Waals surface area contributed by atoms with Crippen LogP contribution in [0.5, 0.6) is 0 Å². The van der Waals surface area contributed by atoms with E-state index in [9.17, 15) is 0 Å². The first-order chi connectivity index (χ1) is 8.70. The Balaban J connectivity index is 2.05. The SMILES string of the molecule is CNCCc1ccc(C2CCC(C)CC2)c(Cl)c1. The first-order valence-electron chi connectivity index (χ1n) is 7.13. The fourth-order valence-corrected chi connectivity index (χ4v) is 3.26. The maximum atomic E-state index is 6.46. The Kier molecular flexibility index (Phi) is 5.08. The van der Waals surface area contributed by atoms with Gasteiger partial charge >= 0.3 is 0 Å². The van der Waals surface area contributed by atoms with Crippen LogP contribution < -0.4 is 5.32 Å². The van der Waals surface area contributed by atoms with Gasteiger partial charge in [-0.25, -0.2) is 0 Å². The molecule has 1 N–H and O–H groups in total. The average Bonchev–Trinajstić information content (AvgIpc) is 2.38. The van der Waals surface area contributed by atoms with Crippen molar-refractivity contribution in [1.29, 1.82) is 0 Å². The van der Waals surface area contributed by atoms with E-state index in [0.717, 1.165) is 23.9 Å². The van der Waals surface area contributed by atoms with Crippen molar-refractivity contribution >= 4 is 11.6 Å². The molecule has 0 aliphatic heterocycles. The van der Waals surface area contributed by atoms with Gasteiger partial charge in [-0.15, -0.1) is 0 Å². The third-order valence-electron chi connectivity index (χ3n) is 4.18. The molecular weight excluding hydrogens is 242 g/mol. The molecule has 1 aliphatic rings. The molecule has 1 aromatic carbocycles. The van der Waals surface area contributed by atoms with Gasteiger partial charge in [-0.3, -0.25) is 0 Å². The Morgan fingerprint density at radius 1 is 1.22 bits per heavy atom. The predicted octanol–water partition coefficient (Wildman–Crippen LogP) is 4.40. The topological polar surface area (TPSA) is 12.0 Å². The van der Waals surface area contributed by atoms with Crippen LogP contribution in [0.4, 0.5) is 0 Å². The number of hydrogen-bond acceptors (Lipinski definition) is 1. The highest BCUT2D eigenvalue weighted by atomic mass is 35.5. The average molecular weight is 266 g/mol. The molecule has 0 unspecified atom stereocenters. The van der Waals surface area contributed by atoms with Crippen LogP contribution in [0.1, 0.15) is 49.7 Å². The van der Waals surface area contributed by atoms with Crippen LogP contribution in [0.3, 0.4) is 0 Å². The van der Waals surface area contributed by atoms with E-state index in [-0.39, 0.29) is 0 Å². The maximum absolute atomic E-state index is 6.46. The summed E-state index contributed by atoms with van der Waals surface area (Å²) < 4.78 is 0. The van der Waals surface area contributed by atoms with Crippen molar-refractivity contribution in [2.45, 2.75) is 44.9 Å². The van der Waals surface area contributed by atoms with Crippen molar-refractivity contribution < 1.29 is 0 Å². The van der Waals surface area contributed by atoms with Gasteiger partial charge in [0.15, 0.2) is 0 Å². The zero-order chi connectivity index (χ0) is 13.0. The molecule has 1 fully saturated rings. The zero-order valence-electron chi connectivity index (χ0n) is 11.5. The van der Waals surface area contributed by atoms with Crippen molar-refractivity contribution in [3.05, 3.63) is 34.3 Å². The molecule has 1 nitrogen and oxygen atoms in total. The summed E-state index contributed by atoms with van der Waals surface area (Å²) in [4.78, 5) is 0. The molecule has 0 bridgehead atoms. The van der Waals surface area contributed by atoms with Crippen molar-refractivity contribution in [2.75, 3.05) is 13.6 Å². The first kappa shape index (κ1) is 13.9. The standard InChI is InChI=1S/C16H24ClN/c1-12-3-6-14(7-4-12)15-8-5-13(9-10-18-2)11-16(15)17/h5,8,11-12,14,18H,3-4,6-7,9-10H2,1-2H3. The lowest BCUT2D eigenvalue weighted by Crippen LogP contribution is -2.12. The lowest BCUT2D eigenvalue weighted by atomic mass is 9.79. The number of halogens is 1. The summed E-state index contributed by atoms with van der Waals surface area (Å²) in [6.07, 6.45) is 6.36. The Bertz CT molecular complexity index is 381. The molecule has 1 aliphatic carbocycles. The fraction of sp³-hybridized carbons (Fsp3) is 0.625. The van der Waals surface area contributed by atoms with Gasteiger partial charge in [-0.05, 0) is 61.9 Å². The molecule has 0 amide bonds. The minimum Gasteiger partial charge on any atom is -0.319 e. The van der Waals surface area contributed by atoms with Gasteiger partial charge in [0.1, 0.15) is 0 Å². The van der Waals surface area contributed by atoms with Crippen LogP contribution in [-0.4, -0.2) is 13.6 Å². The van der Waals surface area contributed by atoms with Gasteiger partial charge < -0.3 is 5.32 Å². The number of benzene rings is 1. The van der Waals surface area contributed by atoms with Crippen LogP contribution in [0, 0.1) is 5.92 Å². The van der Waals surface area contributed by atoms with E-state index in [1.807, 2.05) is 7.05 Å². The van der Waals surface area contributed by atoms with E-state index in [1.165, 1.54) is 36.8 Å². The number of likely N-dealkylation sites (N-methyl/N-ethyl adjacent to an activating group) is 1. The minimum absolute atomic E-state index is 0.687. The smallest absolute Gasteiger partial charge is 0.0443 e. The van der Waals surface area contributed by atoms with Crippen molar-refractivity contribution in [2.24, 2.45) is 5.92 Å². The second kappa shape index (κ2) is 6.58. The summed E-state index contributed by atoms with van der Waals surface area (Å²) in [7, 11) is 1.99. The quantitative estimate of drug-likeness (QED) is 0.851. The van der Waals surface area contributed by atoms with E-state index >= 15 is 0 Å². The monoisotopic (exact) mass is 265 g/mol. The van der Waals surface area contributed by atoms with Crippen LogP contribution in [0.15, 0.2) is 18.2 Å². The molecule has 2 heteroatoms. The second-order valence-electron chi connectivity index (χ2n) is 5.67. The van der Waals surface area contributed by atoms with Crippen LogP contribution in [0.25, 0.3) is 0 Å². The third kappa shape index (κ3) is 3.49. The van der Waals surface area contributed by atoms with Gasteiger partial charge in [0.25, 0.3) is 0 Å². The van der Waals surface area contributed by atoms with Crippen LogP contribution >= 0.6 is 11.6 Å². The molecule has 18 heavy (non-hydrogen) atoms. The van der Waals surface area contributed by atoms with E-state index in [2.05, 4.69) is 30.4 Å². The Morgan fingerprint density at radius 2 is 1.94 bits per heavy atom. The summed E-state index contributed by atoms with van der Waals surface area (Å²) in [6.45, 7) is 3.37. The highest BCUT2D eigenvalue weighted by Crippen LogP contribution is 2.38. The molecule has 0 radical (unpaired) electrons. The van der Waals surface area contributed by atoms with E-state index in [0.29, 0.717) is 5.92 Å². The molecule has 0 saturated heterocycles. The highest BCUT2D eigenvalue weighted by molar-refractivity contribution is 6.31. The minimum atomic E-state index is 0.687. The van der Waals surface area contributed by atoms with Gasteiger partial charge in [-0.1, -0.05) is 43.5 Å². The predicted molar refractivity (Wildman–Crippen MR) is 79.5 cm³/mol. The molecule has 1 aromatic rings. The van der Waals surface area contributed by atoms with Crippen LogP contribution in [-0.2, 0) is 6.42 Å². The van der Waals surface area contributed by atoms with E-state index in [4.69, 9.17) is 11.6 Å². The molecule has 0 aromatic heterocycles. The Morgan fingerprint density at radius 3 is 2.56 bits per heavy atom. The molecule has 0 atom stereocenters. The lowest BCUT2D eigenvalue weighted by molar-refractivity contribution is 0.348. The summed E-state index contributed by atoms with van der Waals surface area (Å²) in [5.41, 5.74) is 2.71. The van der Waals surface area contributed by atoms with Gasteiger partial charge in [0, 0.05) is 5.02 Å². The summed E-state index contributed by atoms with van der Waals surface area (Å²) >= 11 is 6.46. The summed E-state index contributed by atoms with van der Waals surface area (Å²) in [5.74, 6) is 1.59.